The summed E-state index contributed by atoms with van der Waals surface area (Å²) in [6.45, 7) is 9.52. The van der Waals surface area contributed by atoms with Gasteiger partial charge >= 0.3 is 5.97 Å². The van der Waals surface area contributed by atoms with Gasteiger partial charge in [-0.2, -0.15) is 0 Å². The van der Waals surface area contributed by atoms with Crippen LogP contribution in [0.3, 0.4) is 0 Å². The number of carbonyl (C=O) groups is 2. The summed E-state index contributed by atoms with van der Waals surface area (Å²) in [6, 6.07) is 0. The summed E-state index contributed by atoms with van der Waals surface area (Å²) < 4.78 is 0. The van der Waals surface area contributed by atoms with Crippen molar-refractivity contribution in [2.75, 3.05) is 0 Å². The number of Topliss-reactive ketones (excluding diaryl/α,β-unsaturated/α-hetero) is 1. The smallest absolute Gasteiger partial charge is 0.303 e. The van der Waals surface area contributed by atoms with Crippen LogP contribution in [0.1, 0.15) is 98.3 Å². The lowest BCUT2D eigenvalue weighted by molar-refractivity contribution is -0.168. The van der Waals surface area contributed by atoms with Gasteiger partial charge in [-0.15, -0.1) is 0 Å². The number of carboxylic acids is 1. The van der Waals surface area contributed by atoms with E-state index in [1.165, 1.54) is 51.4 Å². The average Bonchev–Trinajstić information content (AvgIpc) is 3.04. The summed E-state index contributed by atoms with van der Waals surface area (Å²) in [5, 5.41) is 9.14. The summed E-state index contributed by atoms with van der Waals surface area (Å²) in [5.74, 6) is 3.26. The maximum Gasteiger partial charge on any atom is 0.303 e. The van der Waals surface area contributed by atoms with Crippen LogP contribution in [0.5, 0.6) is 0 Å². The van der Waals surface area contributed by atoms with Crippen LogP contribution in [-0.2, 0) is 9.59 Å². The van der Waals surface area contributed by atoms with Gasteiger partial charge in [0.2, 0.25) is 0 Å². The number of carbonyl (C=O) groups excluding carboxylic acids is 1. The van der Waals surface area contributed by atoms with Crippen LogP contribution in [0.25, 0.3) is 0 Å². The van der Waals surface area contributed by atoms with Gasteiger partial charge in [0.25, 0.3) is 0 Å². The predicted octanol–water partition coefficient (Wildman–Crippen LogP) is 6.35. The molecule has 0 unspecified atom stereocenters. The second kappa shape index (κ2) is 7.68. The third kappa shape index (κ3) is 3.21. The molecule has 0 aromatic heterocycles. The van der Waals surface area contributed by atoms with Gasteiger partial charge in [0.15, 0.2) is 0 Å². The van der Waals surface area contributed by atoms with Crippen molar-refractivity contribution in [2.24, 2.45) is 52.3 Å². The second-order valence-corrected chi connectivity index (χ2v) is 11.7. The van der Waals surface area contributed by atoms with Crippen LogP contribution in [0.15, 0.2) is 0 Å². The lowest BCUT2D eigenvalue weighted by Gasteiger charge is -2.62. The van der Waals surface area contributed by atoms with E-state index in [9.17, 15) is 9.59 Å². The normalized spacial score (nSPS) is 47.8. The van der Waals surface area contributed by atoms with E-state index in [1.54, 1.807) is 0 Å². The Bertz CT molecular complexity index is 656. The fourth-order valence-corrected chi connectivity index (χ4v) is 9.24. The SMILES string of the molecule is CC[C@H]1C(=O)[C@@H]2[C@H](CC[C@]3(C)[C@@H]([C@H](C)CCC(=O)O)CC[C@@H]23)[C@@]2(C)CCCC[C@@H]12. The van der Waals surface area contributed by atoms with Crippen LogP contribution < -0.4 is 0 Å². The molecule has 0 heterocycles. The zero-order valence-electron chi connectivity index (χ0n) is 19.1. The van der Waals surface area contributed by atoms with Gasteiger partial charge < -0.3 is 5.11 Å². The van der Waals surface area contributed by atoms with Crippen molar-refractivity contribution in [3.05, 3.63) is 0 Å². The first-order valence-electron chi connectivity index (χ1n) is 12.5. The standard InChI is InChI=1S/C26H42O3/c1-5-17-19-8-6-7-14-25(19,3)21-13-15-26(4)18(16(2)9-12-22(27)28)10-11-20(26)23(21)24(17)29/h16-21,23H,5-15H2,1-4H3,(H,27,28)/t16-,17-,18-,19+,20+,21+,23+,25+,26-/m1/s1. The van der Waals surface area contributed by atoms with Gasteiger partial charge in [0, 0.05) is 18.3 Å². The Morgan fingerprint density at radius 3 is 2.45 bits per heavy atom. The highest BCUT2D eigenvalue weighted by molar-refractivity contribution is 5.86. The quantitative estimate of drug-likeness (QED) is 0.583. The van der Waals surface area contributed by atoms with Crippen LogP contribution >= 0.6 is 0 Å². The van der Waals surface area contributed by atoms with Gasteiger partial charge in [0.1, 0.15) is 5.78 Å². The number of rotatable bonds is 5. The van der Waals surface area contributed by atoms with E-state index in [0.29, 0.717) is 40.8 Å². The molecule has 4 fully saturated rings. The van der Waals surface area contributed by atoms with E-state index in [4.69, 9.17) is 5.11 Å². The first-order chi connectivity index (χ1) is 13.7. The lowest BCUT2D eigenvalue weighted by Crippen LogP contribution is -2.59. The Morgan fingerprint density at radius 1 is 1.03 bits per heavy atom. The summed E-state index contributed by atoms with van der Waals surface area (Å²) in [7, 11) is 0. The molecular formula is C26H42O3. The van der Waals surface area contributed by atoms with Gasteiger partial charge in [-0.25, -0.2) is 0 Å². The molecule has 0 bridgehead atoms. The molecule has 0 aromatic carbocycles. The first-order valence-corrected chi connectivity index (χ1v) is 12.5. The largest absolute Gasteiger partial charge is 0.481 e. The van der Waals surface area contributed by atoms with E-state index in [0.717, 1.165) is 12.8 Å². The predicted molar refractivity (Wildman–Crippen MR) is 115 cm³/mol. The Morgan fingerprint density at radius 2 is 1.76 bits per heavy atom. The zero-order chi connectivity index (χ0) is 21.0. The molecule has 3 nitrogen and oxygen atoms in total. The van der Waals surface area contributed by atoms with E-state index in [1.807, 2.05) is 0 Å². The highest BCUT2D eigenvalue weighted by atomic mass is 16.4. The third-order valence-corrected chi connectivity index (χ3v) is 10.6. The number of ketones is 1. The molecule has 0 aromatic rings. The van der Waals surface area contributed by atoms with Crippen LogP contribution in [0.2, 0.25) is 0 Å². The third-order valence-electron chi connectivity index (χ3n) is 10.6. The Kier molecular flexibility index (Phi) is 5.66. The molecule has 4 rings (SSSR count). The molecular weight excluding hydrogens is 360 g/mol. The Hall–Kier alpha value is -0.860. The van der Waals surface area contributed by atoms with E-state index < -0.39 is 5.97 Å². The topological polar surface area (TPSA) is 54.4 Å². The van der Waals surface area contributed by atoms with Crippen LogP contribution in [0, 0.1) is 52.3 Å². The minimum absolute atomic E-state index is 0.227. The number of fused-ring (bicyclic) bond motifs is 5. The fourth-order valence-electron chi connectivity index (χ4n) is 9.24. The Balaban J connectivity index is 1.62. The molecule has 0 spiro atoms. The summed E-state index contributed by atoms with van der Waals surface area (Å²) in [5.41, 5.74) is 0.594. The molecule has 4 aliphatic carbocycles. The number of hydrogen-bond donors (Lipinski definition) is 1. The summed E-state index contributed by atoms with van der Waals surface area (Å²) >= 11 is 0. The zero-order valence-corrected chi connectivity index (χ0v) is 19.1. The minimum atomic E-state index is -0.676. The van der Waals surface area contributed by atoms with Crippen molar-refractivity contribution >= 4 is 11.8 Å². The van der Waals surface area contributed by atoms with Gasteiger partial charge in [-0.05, 0) is 91.8 Å². The van der Waals surface area contributed by atoms with Gasteiger partial charge in [-0.1, -0.05) is 40.5 Å². The van der Waals surface area contributed by atoms with Crippen LogP contribution in [-0.4, -0.2) is 16.9 Å². The molecule has 29 heavy (non-hydrogen) atoms. The van der Waals surface area contributed by atoms with Crippen molar-refractivity contribution in [3.63, 3.8) is 0 Å². The molecule has 4 aliphatic rings. The molecule has 0 amide bonds. The number of carboxylic acid groups (broad SMARTS) is 1. The highest BCUT2D eigenvalue weighted by Gasteiger charge is 2.64. The lowest BCUT2D eigenvalue weighted by atomic mass is 9.42. The van der Waals surface area contributed by atoms with Crippen molar-refractivity contribution in [3.8, 4) is 0 Å². The maximum atomic E-state index is 13.9. The van der Waals surface area contributed by atoms with Gasteiger partial charge in [0.05, 0.1) is 0 Å². The van der Waals surface area contributed by atoms with Crippen LogP contribution in [0.4, 0.5) is 0 Å². The first kappa shape index (κ1) is 21.4. The van der Waals surface area contributed by atoms with E-state index in [-0.39, 0.29) is 23.7 Å². The van der Waals surface area contributed by atoms with Crippen molar-refractivity contribution < 1.29 is 14.7 Å². The van der Waals surface area contributed by atoms with Gasteiger partial charge in [-0.3, -0.25) is 9.59 Å². The molecule has 164 valence electrons. The summed E-state index contributed by atoms with van der Waals surface area (Å²) in [6.07, 6.45) is 12.2. The summed E-state index contributed by atoms with van der Waals surface area (Å²) in [4.78, 5) is 25.0. The molecule has 0 saturated heterocycles. The fraction of sp³-hybridized carbons (Fsp3) is 0.923. The van der Waals surface area contributed by atoms with Crippen molar-refractivity contribution in [1.29, 1.82) is 0 Å². The second-order valence-electron chi connectivity index (χ2n) is 11.7. The van der Waals surface area contributed by atoms with E-state index in [2.05, 4.69) is 27.7 Å². The van der Waals surface area contributed by atoms with E-state index >= 15 is 0 Å². The molecule has 3 heteroatoms. The van der Waals surface area contributed by atoms with Crippen molar-refractivity contribution in [2.45, 2.75) is 98.3 Å². The molecule has 9 atom stereocenters. The highest BCUT2D eigenvalue weighted by Crippen LogP contribution is 2.68. The maximum absolute atomic E-state index is 13.9. The monoisotopic (exact) mass is 402 g/mol. The molecule has 4 saturated carbocycles. The number of aliphatic carboxylic acids is 1. The number of hydrogen-bond acceptors (Lipinski definition) is 2. The molecule has 0 radical (unpaired) electrons. The van der Waals surface area contributed by atoms with Crippen molar-refractivity contribution in [1.82, 2.24) is 0 Å². The Labute approximate surface area is 177 Å². The molecule has 1 N–H and O–H groups in total. The molecule has 0 aliphatic heterocycles. The minimum Gasteiger partial charge on any atom is -0.481 e. The average molecular weight is 403 g/mol.